The lowest BCUT2D eigenvalue weighted by molar-refractivity contribution is 0.384. The number of hydrogen-bond donors (Lipinski definition) is 4. The summed E-state index contributed by atoms with van der Waals surface area (Å²) in [5.74, 6) is 0. The lowest BCUT2D eigenvalue weighted by Gasteiger charge is -2.19. The van der Waals surface area contributed by atoms with Crippen molar-refractivity contribution < 1.29 is 33.3 Å². The molecule has 0 saturated carbocycles. The Kier molecular flexibility index (Phi) is 7.48. The number of hydrogen-bond acceptors (Lipinski definition) is 7. The maximum atomic E-state index is 15.0. The molecule has 0 aliphatic rings. The van der Waals surface area contributed by atoms with Gasteiger partial charge in [-0.1, -0.05) is 54.6 Å². The molecule has 0 spiro atoms. The van der Waals surface area contributed by atoms with Gasteiger partial charge >= 0.3 is 15.2 Å². The van der Waals surface area contributed by atoms with Gasteiger partial charge in [-0.05, 0) is 48.5 Å². The van der Waals surface area contributed by atoms with Crippen molar-refractivity contribution >= 4 is 49.4 Å². The number of aromatic nitrogens is 4. The van der Waals surface area contributed by atoms with Gasteiger partial charge in [0.15, 0.2) is 10.9 Å². The maximum absolute atomic E-state index is 15.0. The van der Waals surface area contributed by atoms with Crippen molar-refractivity contribution in [3.63, 3.8) is 0 Å². The summed E-state index contributed by atoms with van der Waals surface area (Å²) < 4.78 is 38.5. The predicted octanol–water partition coefficient (Wildman–Crippen LogP) is 1.85. The molecule has 0 saturated heterocycles. The van der Waals surface area contributed by atoms with E-state index in [4.69, 9.17) is 0 Å². The Morgan fingerprint density at radius 1 is 0.400 bits per heavy atom. The normalized spacial score (nSPS) is 12.3. The van der Waals surface area contributed by atoms with E-state index in [1.807, 2.05) is 0 Å². The Bertz CT molecular complexity index is 1750. The van der Waals surface area contributed by atoms with Gasteiger partial charge in [0.1, 0.15) is 10.9 Å². The molecule has 5 aromatic rings. The second kappa shape index (κ2) is 10.7. The van der Waals surface area contributed by atoms with E-state index in [2.05, 4.69) is 19.9 Å². The van der Waals surface area contributed by atoms with E-state index in [1.54, 1.807) is 66.7 Å². The van der Waals surface area contributed by atoms with Crippen molar-refractivity contribution in [2.75, 3.05) is 0 Å². The van der Waals surface area contributed by atoms with Gasteiger partial charge in [0.2, 0.25) is 7.14 Å². The molecule has 5 rings (SSSR count). The van der Waals surface area contributed by atoms with Crippen LogP contribution in [0.25, 0.3) is 22.8 Å². The van der Waals surface area contributed by atoms with Gasteiger partial charge in [-0.2, -0.15) is 0 Å². The highest BCUT2D eigenvalue weighted by atomic mass is 31.2. The number of nitrogens with zero attached hydrogens (tertiary/aromatic N) is 4. The molecule has 0 amide bonds. The maximum Gasteiger partial charge on any atom is 0.374 e. The Hall–Kier alpha value is -3.65. The standard InChI is InChI=1S/C26H21N4O7P3/c31-38(18-8-2-1-3-9-18,23-14-4-10-19(27-23)21-12-6-16-25(29-21)39(32,33)34)24-15-5-11-20(28-24)22-13-7-17-26(30-22)40(35,36)37/h1-17H,(H2,32,33,34)(H2,35,36,37). The fourth-order valence-corrected chi connectivity index (χ4v) is 7.44. The van der Waals surface area contributed by atoms with Crippen LogP contribution in [0.15, 0.2) is 103 Å². The van der Waals surface area contributed by atoms with Gasteiger partial charge in [-0.15, -0.1) is 0 Å². The van der Waals surface area contributed by atoms with Crippen molar-refractivity contribution in [1.29, 1.82) is 0 Å². The lowest BCUT2D eigenvalue weighted by atomic mass is 10.2. The van der Waals surface area contributed by atoms with E-state index >= 15 is 4.57 Å². The predicted molar refractivity (Wildman–Crippen MR) is 151 cm³/mol. The number of rotatable bonds is 7. The topological polar surface area (TPSA) is 184 Å². The second-order valence-electron chi connectivity index (χ2n) is 8.56. The third kappa shape index (κ3) is 5.63. The first kappa shape index (κ1) is 27.9. The number of benzene rings is 1. The zero-order valence-corrected chi connectivity index (χ0v) is 23.1. The van der Waals surface area contributed by atoms with Crippen molar-refractivity contribution in [3.05, 3.63) is 103 Å². The molecule has 0 unspecified atom stereocenters. The molecule has 1 aromatic carbocycles. The summed E-state index contributed by atoms with van der Waals surface area (Å²) in [5.41, 5.74) is 0.338. The van der Waals surface area contributed by atoms with E-state index < -0.39 is 33.2 Å². The van der Waals surface area contributed by atoms with E-state index in [-0.39, 0.29) is 33.6 Å². The largest absolute Gasteiger partial charge is 0.374 e. The fraction of sp³-hybridized carbons (Fsp3) is 0. The Morgan fingerprint density at radius 3 is 1.07 bits per heavy atom. The van der Waals surface area contributed by atoms with Crippen LogP contribution in [0, 0.1) is 0 Å². The molecule has 4 N–H and O–H groups in total. The van der Waals surface area contributed by atoms with Gasteiger partial charge in [0.25, 0.3) is 0 Å². The second-order valence-corrected chi connectivity index (χ2v) is 14.3. The van der Waals surface area contributed by atoms with E-state index in [0.717, 1.165) is 0 Å². The summed E-state index contributed by atoms with van der Waals surface area (Å²) in [7, 11) is -13.0. The summed E-state index contributed by atoms with van der Waals surface area (Å²) in [5, 5.41) is 0.429. The first-order valence-corrected chi connectivity index (χ1v) is 16.6. The lowest BCUT2D eigenvalue weighted by Crippen LogP contribution is -2.29. The minimum atomic E-state index is -4.61. The summed E-state index contributed by atoms with van der Waals surface area (Å²) >= 11 is 0. The molecular formula is C26H21N4O7P3. The number of pyridine rings is 4. The fourth-order valence-electron chi connectivity index (χ4n) is 3.96. The minimum Gasteiger partial charge on any atom is -0.320 e. The van der Waals surface area contributed by atoms with Crippen LogP contribution in [0.5, 0.6) is 0 Å². The van der Waals surface area contributed by atoms with Crippen LogP contribution in [0.3, 0.4) is 0 Å². The first-order chi connectivity index (χ1) is 19.0. The van der Waals surface area contributed by atoms with Crippen LogP contribution in [0.2, 0.25) is 0 Å². The molecule has 14 heteroatoms. The van der Waals surface area contributed by atoms with Crippen LogP contribution in [-0.4, -0.2) is 39.5 Å². The van der Waals surface area contributed by atoms with Crippen molar-refractivity contribution in [2.45, 2.75) is 0 Å². The highest BCUT2D eigenvalue weighted by Gasteiger charge is 2.33. The Labute approximate surface area is 228 Å². The molecule has 0 fully saturated rings. The quantitative estimate of drug-likeness (QED) is 0.202. The van der Waals surface area contributed by atoms with E-state index in [1.165, 1.54) is 36.4 Å². The summed E-state index contributed by atoms with van der Waals surface area (Å²) in [6.07, 6.45) is 0. The van der Waals surface area contributed by atoms with Gasteiger partial charge in [0.05, 0.1) is 22.8 Å². The van der Waals surface area contributed by atoms with Crippen molar-refractivity contribution in [2.24, 2.45) is 0 Å². The van der Waals surface area contributed by atoms with Crippen LogP contribution >= 0.6 is 22.3 Å². The molecule has 11 nitrogen and oxygen atoms in total. The Balaban J connectivity index is 1.67. The van der Waals surface area contributed by atoms with Crippen molar-refractivity contribution in [1.82, 2.24) is 19.9 Å². The van der Waals surface area contributed by atoms with Gasteiger partial charge < -0.3 is 24.1 Å². The first-order valence-electron chi connectivity index (χ1n) is 11.6. The van der Waals surface area contributed by atoms with Crippen molar-refractivity contribution in [3.8, 4) is 22.8 Å². The monoisotopic (exact) mass is 594 g/mol. The molecule has 0 atom stereocenters. The molecule has 4 heterocycles. The van der Waals surface area contributed by atoms with Gasteiger partial charge in [-0.3, -0.25) is 9.13 Å². The molecule has 0 aliphatic heterocycles. The minimum absolute atomic E-state index is 0.154. The zero-order chi connectivity index (χ0) is 28.5. The summed E-state index contributed by atoms with van der Waals surface area (Å²) in [6.45, 7) is 0. The zero-order valence-electron chi connectivity index (χ0n) is 20.5. The average Bonchev–Trinajstić information content (AvgIpc) is 2.96. The SMILES string of the molecule is O=P(O)(O)c1cccc(-c2cccc(P(=O)(c3ccccc3)c3cccc(-c4cccc(P(=O)(O)O)n4)n3)n2)n1. The smallest absolute Gasteiger partial charge is 0.320 e. The van der Waals surface area contributed by atoms with E-state index in [0.29, 0.717) is 5.30 Å². The van der Waals surface area contributed by atoms with Crippen LogP contribution < -0.4 is 27.0 Å². The third-order valence-electron chi connectivity index (χ3n) is 5.82. The Morgan fingerprint density at radius 2 is 0.725 bits per heavy atom. The van der Waals surface area contributed by atoms with Crippen LogP contribution in [0.4, 0.5) is 0 Å². The molecule has 4 aromatic heterocycles. The third-order valence-corrected chi connectivity index (χ3v) is 10.3. The molecule has 0 radical (unpaired) electrons. The molecular weight excluding hydrogens is 573 g/mol. The molecule has 40 heavy (non-hydrogen) atoms. The van der Waals surface area contributed by atoms with Gasteiger partial charge in [0, 0.05) is 5.30 Å². The molecule has 202 valence electrons. The summed E-state index contributed by atoms with van der Waals surface area (Å²) in [6, 6.07) is 26.6. The van der Waals surface area contributed by atoms with Gasteiger partial charge in [-0.25, -0.2) is 19.9 Å². The van der Waals surface area contributed by atoms with Crippen LogP contribution in [0.1, 0.15) is 0 Å². The molecule has 0 aliphatic carbocycles. The van der Waals surface area contributed by atoms with Crippen LogP contribution in [-0.2, 0) is 13.7 Å². The average molecular weight is 594 g/mol. The molecule has 0 bridgehead atoms. The highest BCUT2D eigenvalue weighted by Crippen LogP contribution is 2.42. The highest BCUT2D eigenvalue weighted by molar-refractivity contribution is 7.85. The van der Waals surface area contributed by atoms with E-state index in [9.17, 15) is 28.7 Å². The summed E-state index contributed by atoms with van der Waals surface area (Å²) in [4.78, 5) is 55.5.